The summed E-state index contributed by atoms with van der Waals surface area (Å²) < 4.78 is 10.8. The highest BCUT2D eigenvalue weighted by Gasteiger charge is 2.19. The summed E-state index contributed by atoms with van der Waals surface area (Å²) in [6.07, 6.45) is 6.57. The van der Waals surface area contributed by atoms with Gasteiger partial charge < -0.3 is 14.8 Å². The van der Waals surface area contributed by atoms with Gasteiger partial charge in [0.05, 0.1) is 12.7 Å². The Kier molecular flexibility index (Phi) is 5.90. The van der Waals surface area contributed by atoms with Crippen molar-refractivity contribution < 1.29 is 9.47 Å². The molecule has 0 saturated heterocycles. The highest BCUT2D eigenvalue weighted by atomic mass is 16.5. The molecule has 6 heteroatoms. The van der Waals surface area contributed by atoms with Crippen LogP contribution >= 0.6 is 0 Å². The van der Waals surface area contributed by atoms with E-state index in [2.05, 4.69) is 22.2 Å². The minimum Gasteiger partial charge on any atom is -0.480 e. The van der Waals surface area contributed by atoms with Crippen LogP contribution < -0.4 is 14.8 Å². The van der Waals surface area contributed by atoms with Crippen LogP contribution in [0.25, 0.3) is 11.1 Å². The van der Waals surface area contributed by atoms with Gasteiger partial charge >= 0.3 is 0 Å². The zero-order valence-corrected chi connectivity index (χ0v) is 15.2. The third-order valence-electron chi connectivity index (χ3n) is 4.76. The van der Waals surface area contributed by atoms with Crippen LogP contribution in [0.3, 0.4) is 0 Å². The van der Waals surface area contributed by atoms with E-state index in [0.29, 0.717) is 23.6 Å². The lowest BCUT2D eigenvalue weighted by Gasteiger charge is -2.27. The molecule has 1 aromatic heterocycles. The lowest BCUT2D eigenvalue weighted by molar-refractivity contribution is 0.359. The number of ether oxygens (including phenoxy) is 2. The number of methoxy groups -OCH3 is 1. The third kappa shape index (κ3) is 4.42. The molecule has 1 fully saturated rings. The van der Waals surface area contributed by atoms with E-state index < -0.39 is 0 Å². The average Bonchev–Trinajstić information content (AvgIpc) is 2.68. The maximum Gasteiger partial charge on any atom is 0.226 e. The Balaban J connectivity index is 1.73. The molecule has 1 heterocycles. The van der Waals surface area contributed by atoms with E-state index in [0.717, 1.165) is 29.9 Å². The van der Waals surface area contributed by atoms with E-state index in [4.69, 9.17) is 14.7 Å². The van der Waals surface area contributed by atoms with Crippen molar-refractivity contribution in [2.24, 2.45) is 5.92 Å². The zero-order valence-electron chi connectivity index (χ0n) is 15.2. The van der Waals surface area contributed by atoms with Crippen LogP contribution in [-0.2, 0) is 0 Å². The topological polar surface area (TPSA) is 80.1 Å². The Hall–Kier alpha value is -2.81. The molecular weight excluding hydrogens is 328 g/mol. The second-order valence-electron chi connectivity index (χ2n) is 6.69. The summed E-state index contributed by atoms with van der Waals surface area (Å²) in [5, 5.41) is 12.0. The maximum absolute atomic E-state index is 8.57. The van der Waals surface area contributed by atoms with E-state index in [1.54, 1.807) is 13.3 Å². The largest absolute Gasteiger partial charge is 0.480 e. The second kappa shape index (κ2) is 8.52. The van der Waals surface area contributed by atoms with E-state index in [9.17, 15) is 0 Å². The molecule has 1 aromatic carbocycles. The number of nitrogens with one attached hydrogen (secondary N) is 1. The molecule has 26 heavy (non-hydrogen) atoms. The van der Waals surface area contributed by atoms with Crippen molar-refractivity contribution in [3.63, 3.8) is 0 Å². The molecule has 1 saturated carbocycles. The molecule has 0 aliphatic heterocycles. The monoisotopic (exact) mass is 352 g/mol. The van der Waals surface area contributed by atoms with Gasteiger partial charge in [0.2, 0.25) is 11.8 Å². The molecule has 0 unspecified atom stereocenters. The molecule has 3 rings (SSSR count). The molecule has 0 spiro atoms. The first-order valence-corrected chi connectivity index (χ1v) is 8.97. The zero-order chi connectivity index (χ0) is 18.4. The fourth-order valence-corrected chi connectivity index (χ4v) is 3.22. The number of nitriles is 1. The van der Waals surface area contributed by atoms with Crippen LogP contribution in [0.5, 0.6) is 11.6 Å². The van der Waals surface area contributed by atoms with Gasteiger partial charge in [-0.25, -0.2) is 4.98 Å². The number of hydrogen-bond acceptors (Lipinski definition) is 6. The summed E-state index contributed by atoms with van der Waals surface area (Å²) in [4.78, 5) is 9.01. The quantitative estimate of drug-likeness (QED) is 0.845. The molecule has 2 aromatic rings. The van der Waals surface area contributed by atoms with E-state index in [1.807, 2.05) is 30.3 Å². The SMILES string of the molecule is COc1nc(N[C@H]2CC[C@H](C)CC2)ncc1-c1ccc(OCC#N)cc1. The van der Waals surface area contributed by atoms with Gasteiger partial charge in [0.1, 0.15) is 11.8 Å². The first-order valence-electron chi connectivity index (χ1n) is 8.97. The number of aromatic nitrogens is 2. The van der Waals surface area contributed by atoms with Gasteiger partial charge in [0.25, 0.3) is 0 Å². The predicted molar refractivity (Wildman–Crippen MR) is 100 cm³/mol. The highest BCUT2D eigenvalue weighted by Crippen LogP contribution is 2.31. The third-order valence-corrected chi connectivity index (χ3v) is 4.76. The normalized spacial score (nSPS) is 19.4. The van der Waals surface area contributed by atoms with Gasteiger partial charge in [-0.2, -0.15) is 10.2 Å². The fourth-order valence-electron chi connectivity index (χ4n) is 3.22. The summed E-state index contributed by atoms with van der Waals surface area (Å²) in [5.74, 6) is 2.61. The first kappa shape index (κ1) is 18.0. The summed E-state index contributed by atoms with van der Waals surface area (Å²) in [6.45, 7) is 2.34. The van der Waals surface area contributed by atoms with Crippen LogP contribution in [0.4, 0.5) is 5.95 Å². The van der Waals surface area contributed by atoms with Crippen molar-refractivity contribution >= 4 is 5.95 Å². The number of nitrogens with zero attached hydrogens (tertiary/aromatic N) is 3. The lowest BCUT2D eigenvalue weighted by Crippen LogP contribution is -2.26. The van der Waals surface area contributed by atoms with Gasteiger partial charge in [-0.05, 0) is 49.3 Å². The van der Waals surface area contributed by atoms with Crippen molar-refractivity contribution in [2.75, 3.05) is 19.0 Å². The number of anilines is 1. The van der Waals surface area contributed by atoms with Gasteiger partial charge in [-0.15, -0.1) is 0 Å². The molecule has 136 valence electrons. The Morgan fingerprint density at radius 2 is 1.92 bits per heavy atom. The molecule has 0 radical (unpaired) electrons. The first-order chi connectivity index (χ1) is 12.7. The molecule has 0 bridgehead atoms. The van der Waals surface area contributed by atoms with Gasteiger partial charge in [0.15, 0.2) is 6.61 Å². The molecule has 6 nitrogen and oxygen atoms in total. The minimum atomic E-state index is 0.0338. The Morgan fingerprint density at radius 3 is 2.58 bits per heavy atom. The van der Waals surface area contributed by atoms with Crippen molar-refractivity contribution in [3.05, 3.63) is 30.5 Å². The fraction of sp³-hybridized carbons (Fsp3) is 0.450. The average molecular weight is 352 g/mol. The molecule has 0 amide bonds. The highest BCUT2D eigenvalue weighted by molar-refractivity contribution is 5.69. The summed E-state index contributed by atoms with van der Waals surface area (Å²) in [5.41, 5.74) is 1.76. The Labute approximate surface area is 154 Å². The van der Waals surface area contributed by atoms with Crippen molar-refractivity contribution in [3.8, 4) is 28.8 Å². The van der Waals surface area contributed by atoms with Crippen LogP contribution in [0, 0.1) is 17.2 Å². The summed E-state index contributed by atoms with van der Waals surface area (Å²) in [6, 6.07) is 9.84. The van der Waals surface area contributed by atoms with Crippen LogP contribution in [0.1, 0.15) is 32.6 Å². The van der Waals surface area contributed by atoms with Crippen LogP contribution in [0.2, 0.25) is 0 Å². The molecule has 1 aliphatic rings. The molecular formula is C20H24N4O2. The standard InChI is InChI=1S/C20H24N4O2/c1-14-3-7-16(8-4-14)23-20-22-13-18(19(24-20)25-2)15-5-9-17(10-6-15)26-12-11-21/h5-6,9-10,13-14,16H,3-4,7-8,12H2,1-2H3,(H,22,23,24)/t14-,16-. The van der Waals surface area contributed by atoms with Crippen LogP contribution in [-0.4, -0.2) is 29.7 Å². The second-order valence-corrected chi connectivity index (χ2v) is 6.69. The Morgan fingerprint density at radius 1 is 1.19 bits per heavy atom. The summed E-state index contributed by atoms with van der Waals surface area (Å²) >= 11 is 0. The van der Waals surface area contributed by atoms with Gasteiger partial charge in [0, 0.05) is 12.2 Å². The van der Waals surface area contributed by atoms with Crippen LogP contribution in [0.15, 0.2) is 30.5 Å². The smallest absolute Gasteiger partial charge is 0.226 e. The molecule has 1 aliphatic carbocycles. The lowest BCUT2D eigenvalue weighted by atomic mass is 9.87. The molecule has 0 atom stereocenters. The van der Waals surface area contributed by atoms with Gasteiger partial charge in [-0.3, -0.25) is 0 Å². The van der Waals surface area contributed by atoms with E-state index in [1.165, 1.54) is 12.8 Å². The van der Waals surface area contributed by atoms with E-state index in [-0.39, 0.29) is 6.61 Å². The predicted octanol–water partition coefficient (Wildman–Crippen LogP) is 4.05. The maximum atomic E-state index is 8.57. The Bertz CT molecular complexity index is 762. The van der Waals surface area contributed by atoms with Gasteiger partial charge in [-0.1, -0.05) is 19.1 Å². The molecule has 1 N–H and O–H groups in total. The van der Waals surface area contributed by atoms with Crippen molar-refractivity contribution in [2.45, 2.75) is 38.6 Å². The minimum absolute atomic E-state index is 0.0338. The van der Waals surface area contributed by atoms with Crippen molar-refractivity contribution in [1.29, 1.82) is 5.26 Å². The van der Waals surface area contributed by atoms with Crippen molar-refractivity contribution in [1.82, 2.24) is 9.97 Å². The number of rotatable bonds is 6. The van der Waals surface area contributed by atoms with E-state index >= 15 is 0 Å². The number of benzene rings is 1. The number of hydrogen-bond donors (Lipinski definition) is 1. The summed E-state index contributed by atoms with van der Waals surface area (Å²) in [7, 11) is 1.61.